The lowest BCUT2D eigenvalue weighted by Gasteiger charge is -2.13. The number of aldehydes is 1. The van der Waals surface area contributed by atoms with Crippen LogP contribution >= 0.6 is 0 Å². The summed E-state index contributed by atoms with van der Waals surface area (Å²) in [6.07, 6.45) is 3.11. The van der Waals surface area contributed by atoms with Crippen molar-refractivity contribution in [2.45, 2.75) is 40.5 Å². The van der Waals surface area contributed by atoms with Gasteiger partial charge in [0.05, 0.1) is 0 Å². The van der Waals surface area contributed by atoms with Gasteiger partial charge in [-0.1, -0.05) is 34.1 Å². The third-order valence-electron chi connectivity index (χ3n) is 1.21. The van der Waals surface area contributed by atoms with Gasteiger partial charge in [-0.2, -0.15) is 0 Å². The Hall–Kier alpha value is -0.370. The summed E-state index contributed by atoms with van der Waals surface area (Å²) in [5, 5.41) is 0. The van der Waals surface area contributed by atoms with Crippen LogP contribution in [-0.4, -0.2) is 12.8 Å². The predicted molar refractivity (Wildman–Crippen MR) is 51.6 cm³/mol. The maximum absolute atomic E-state index is 10.2. The maximum atomic E-state index is 10.2. The van der Waals surface area contributed by atoms with E-state index in [4.69, 9.17) is 5.73 Å². The minimum Gasteiger partial charge on any atom is -0.331 e. The van der Waals surface area contributed by atoms with Crippen LogP contribution < -0.4 is 5.73 Å². The normalized spacial score (nSPS) is 9.91. The lowest BCUT2D eigenvalue weighted by Crippen LogP contribution is -2.11. The molecule has 0 heterocycles. The predicted octanol–water partition coefficient (Wildman–Crippen LogP) is 2.22. The highest BCUT2D eigenvalue weighted by atomic mass is 16.1. The molecule has 0 saturated carbocycles. The fourth-order valence-electron chi connectivity index (χ4n) is 0.703. The molecule has 0 rings (SSSR count). The van der Waals surface area contributed by atoms with E-state index in [9.17, 15) is 4.79 Å². The van der Waals surface area contributed by atoms with Crippen molar-refractivity contribution in [2.24, 2.45) is 11.1 Å². The summed E-state index contributed by atoms with van der Waals surface area (Å²) in [6.45, 7) is 8.66. The van der Waals surface area contributed by atoms with Crippen molar-refractivity contribution in [1.29, 1.82) is 0 Å². The molecule has 0 aromatic rings. The summed E-state index contributed by atoms with van der Waals surface area (Å²) in [4.78, 5) is 10.2. The van der Waals surface area contributed by atoms with Crippen molar-refractivity contribution in [2.75, 3.05) is 6.54 Å². The van der Waals surface area contributed by atoms with Gasteiger partial charge in [0.15, 0.2) is 0 Å². The van der Waals surface area contributed by atoms with Gasteiger partial charge in [-0.05, 0) is 13.0 Å². The number of hydrogen-bond acceptors (Lipinski definition) is 2. The standard InChI is InChI=1S/C7H14O.C2H7N.H2/c1-4-5-7(2,3)6-8;1-2-3;/h6H,4-5H2,1-3H3;2-3H2,1H3;1H. The van der Waals surface area contributed by atoms with E-state index in [0.717, 1.165) is 25.7 Å². The van der Waals surface area contributed by atoms with Crippen LogP contribution in [-0.2, 0) is 4.79 Å². The quantitative estimate of drug-likeness (QED) is 0.645. The molecule has 0 aliphatic carbocycles. The Labute approximate surface area is 71.7 Å². The molecule has 11 heavy (non-hydrogen) atoms. The molecule has 0 amide bonds. The van der Waals surface area contributed by atoms with Gasteiger partial charge in [-0.3, -0.25) is 0 Å². The second kappa shape index (κ2) is 7.73. The molecule has 0 fully saturated rings. The summed E-state index contributed by atoms with van der Waals surface area (Å²) >= 11 is 0. The zero-order chi connectivity index (χ0) is 9.33. The summed E-state index contributed by atoms with van der Waals surface area (Å²) in [5.74, 6) is 0. The van der Waals surface area contributed by atoms with Gasteiger partial charge >= 0.3 is 0 Å². The minimum atomic E-state index is -0.0885. The second-order valence-corrected chi connectivity index (χ2v) is 3.26. The molecule has 0 spiro atoms. The van der Waals surface area contributed by atoms with Gasteiger partial charge in [-0.15, -0.1) is 0 Å². The molecule has 70 valence electrons. The van der Waals surface area contributed by atoms with Crippen molar-refractivity contribution in [3.8, 4) is 0 Å². The van der Waals surface area contributed by atoms with Crippen LogP contribution in [0.5, 0.6) is 0 Å². The summed E-state index contributed by atoms with van der Waals surface area (Å²) in [6, 6.07) is 0. The SMILES string of the molecule is CCCC(C)(C)C=O.CCN.[HH]. The Balaban J connectivity index is -0.000000177. The van der Waals surface area contributed by atoms with Crippen molar-refractivity contribution in [3.63, 3.8) is 0 Å². The molecule has 0 aromatic heterocycles. The van der Waals surface area contributed by atoms with E-state index >= 15 is 0 Å². The number of carbonyl (C=O) groups is 1. The average molecular weight is 161 g/mol. The first kappa shape index (κ1) is 13.2. The Bertz CT molecular complexity index is 94.5. The van der Waals surface area contributed by atoms with Crippen LogP contribution in [0.1, 0.15) is 42.0 Å². The third-order valence-corrected chi connectivity index (χ3v) is 1.21. The summed E-state index contributed by atoms with van der Waals surface area (Å²) in [5.41, 5.74) is 4.76. The first-order valence-corrected chi connectivity index (χ1v) is 4.20. The van der Waals surface area contributed by atoms with E-state index < -0.39 is 0 Å². The van der Waals surface area contributed by atoms with Crippen molar-refractivity contribution in [3.05, 3.63) is 0 Å². The zero-order valence-electron chi connectivity index (χ0n) is 8.18. The van der Waals surface area contributed by atoms with Gasteiger partial charge in [0.25, 0.3) is 0 Å². The topological polar surface area (TPSA) is 43.1 Å². The lowest BCUT2D eigenvalue weighted by molar-refractivity contribution is -0.115. The average Bonchev–Trinajstić information content (AvgIpc) is 1.90. The van der Waals surface area contributed by atoms with E-state index in [2.05, 4.69) is 6.92 Å². The Morgan fingerprint density at radius 1 is 1.45 bits per heavy atom. The van der Waals surface area contributed by atoms with Gasteiger partial charge < -0.3 is 10.5 Å². The highest BCUT2D eigenvalue weighted by Gasteiger charge is 2.13. The Kier molecular flexibility index (Phi) is 9.31. The van der Waals surface area contributed by atoms with Crippen LogP contribution in [0.2, 0.25) is 0 Å². The molecule has 2 N–H and O–H groups in total. The van der Waals surface area contributed by atoms with Gasteiger partial charge in [-0.25, -0.2) is 0 Å². The molecule has 0 aromatic carbocycles. The molecule has 0 radical (unpaired) electrons. The third kappa shape index (κ3) is 12.8. The van der Waals surface area contributed by atoms with Crippen LogP contribution in [0.15, 0.2) is 0 Å². The Morgan fingerprint density at radius 3 is 1.91 bits per heavy atom. The first-order chi connectivity index (χ1) is 5.04. The van der Waals surface area contributed by atoms with Crippen molar-refractivity contribution in [1.82, 2.24) is 0 Å². The monoisotopic (exact) mass is 161 g/mol. The Morgan fingerprint density at radius 2 is 1.82 bits per heavy atom. The zero-order valence-corrected chi connectivity index (χ0v) is 8.18. The van der Waals surface area contributed by atoms with E-state index in [-0.39, 0.29) is 6.84 Å². The highest BCUT2D eigenvalue weighted by molar-refractivity contribution is 5.57. The second-order valence-electron chi connectivity index (χ2n) is 3.26. The van der Waals surface area contributed by atoms with Gasteiger partial charge in [0.1, 0.15) is 6.29 Å². The molecule has 0 aliphatic rings. The van der Waals surface area contributed by atoms with E-state index in [0.29, 0.717) is 0 Å². The molecular formula is C9H23NO. The number of carbonyl (C=O) groups excluding carboxylic acids is 1. The van der Waals surface area contributed by atoms with Crippen LogP contribution in [0, 0.1) is 5.41 Å². The molecule has 0 aliphatic heterocycles. The fraction of sp³-hybridized carbons (Fsp3) is 0.889. The van der Waals surface area contributed by atoms with E-state index in [1.54, 1.807) is 0 Å². The van der Waals surface area contributed by atoms with Crippen molar-refractivity contribution >= 4 is 6.29 Å². The molecule has 0 atom stereocenters. The molecule has 0 unspecified atom stereocenters. The van der Waals surface area contributed by atoms with Crippen LogP contribution in [0.3, 0.4) is 0 Å². The maximum Gasteiger partial charge on any atom is 0.125 e. The smallest absolute Gasteiger partial charge is 0.125 e. The number of rotatable bonds is 3. The summed E-state index contributed by atoms with van der Waals surface area (Å²) in [7, 11) is 0. The first-order valence-electron chi connectivity index (χ1n) is 4.20. The fourth-order valence-corrected chi connectivity index (χ4v) is 0.703. The van der Waals surface area contributed by atoms with Crippen LogP contribution in [0.4, 0.5) is 0 Å². The van der Waals surface area contributed by atoms with Crippen molar-refractivity contribution < 1.29 is 6.22 Å². The molecule has 0 saturated heterocycles. The number of nitrogens with two attached hydrogens (primary N) is 1. The largest absolute Gasteiger partial charge is 0.331 e. The molecular weight excluding hydrogens is 138 g/mol. The van der Waals surface area contributed by atoms with E-state index in [1.165, 1.54) is 0 Å². The number of hydrogen-bond donors (Lipinski definition) is 1. The highest BCUT2D eigenvalue weighted by Crippen LogP contribution is 2.17. The molecule has 2 nitrogen and oxygen atoms in total. The van der Waals surface area contributed by atoms with Gasteiger partial charge in [0.2, 0.25) is 0 Å². The van der Waals surface area contributed by atoms with E-state index in [1.807, 2.05) is 20.8 Å². The lowest BCUT2D eigenvalue weighted by atomic mass is 9.90. The molecule has 2 heteroatoms. The minimum absolute atomic E-state index is 0. The van der Waals surface area contributed by atoms with Gasteiger partial charge in [0, 0.05) is 6.84 Å². The molecule has 0 bridgehead atoms. The van der Waals surface area contributed by atoms with Crippen LogP contribution in [0.25, 0.3) is 0 Å². The summed E-state index contributed by atoms with van der Waals surface area (Å²) < 4.78 is 0.